The zero-order chi connectivity index (χ0) is 12.8. The van der Waals surface area contributed by atoms with Crippen LogP contribution >= 0.6 is 0 Å². The number of amides is 1. The molecule has 92 valence electrons. The molecule has 0 saturated carbocycles. The van der Waals surface area contributed by atoms with Gasteiger partial charge in [-0.1, -0.05) is 0 Å². The maximum absolute atomic E-state index is 13.0. The van der Waals surface area contributed by atoms with E-state index in [1.165, 1.54) is 13.2 Å². The van der Waals surface area contributed by atoms with Gasteiger partial charge in [0.05, 0.1) is 24.9 Å². The second-order valence-electron chi connectivity index (χ2n) is 3.26. The van der Waals surface area contributed by atoms with Crippen molar-refractivity contribution < 1.29 is 18.7 Å². The maximum atomic E-state index is 13.0. The Morgan fingerprint density at radius 2 is 2.12 bits per heavy atom. The Balaban J connectivity index is 2.99. The van der Waals surface area contributed by atoms with Gasteiger partial charge in [-0.25, -0.2) is 9.18 Å². The van der Waals surface area contributed by atoms with E-state index in [4.69, 9.17) is 0 Å². The third-order valence-electron chi connectivity index (χ3n) is 2.00. The first-order valence-corrected chi connectivity index (χ1v) is 4.90. The zero-order valence-corrected chi connectivity index (χ0v) is 9.54. The number of halogens is 1. The fraction of sp³-hybridized carbons (Fsp3) is 0.273. The van der Waals surface area contributed by atoms with Gasteiger partial charge < -0.3 is 15.4 Å². The molecule has 0 heterocycles. The number of methoxy groups -OCH3 is 1. The van der Waals surface area contributed by atoms with Crippen molar-refractivity contribution in [2.24, 2.45) is 0 Å². The average molecular weight is 240 g/mol. The Labute approximate surface area is 98.0 Å². The molecule has 1 rings (SSSR count). The predicted octanol–water partition coefficient (Wildman–Crippen LogP) is 0.770. The summed E-state index contributed by atoms with van der Waals surface area (Å²) in [6, 6.07) is 3.45. The van der Waals surface area contributed by atoms with Crippen LogP contribution in [0.1, 0.15) is 10.4 Å². The van der Waals surface area contributed by atoms with Gasteiger partial charge in [0.1, 0.15) is 5.82 Å². The molecule has 0 aliphatic heterocycles. The number of nitrogens with one attached hydrogen (secondary N) is 2. The van der Waals surface area contributed by atoms with Crippen molar-refractivity contribution in [3.8, 4) is 0 Å². The predicted molar refractivity (Wildman–Crippen MR) is 60.3 cm³/mol. The molecule has 0 fully saturated rings. The van der Waals surface area contributed by atoms with Gasteiger partial charge in [0.15, 0.2) is 0 Å². The highest BCUT2D eigenvalue weighted by molar-refractivity contribution is 6.01. The highest BCUT2D eigenvalue weighted by Gasteiger charge is 2.14. The summed E-state index contributed by atoms with van der Waals surface area (Å²) < 4.78 is 17.6. The SMILES string of the molecule is CNCC(=O)Nc1cc(F)ccc1C(=O)OC. The van der Waals surface area contributed by atoms with Crippen LogP contribution < -0.4 is 10.6 Å². The monoisotopic (exact) mass is 240 g/mol. The first kappa shape index (κ1) is 13.1. The lowest BCUT2D eigenvalue weighted by atomic mass is 10.1. The number of esters is 1. The number of rotatable bonds is 4. The van der Waals surface area contributed by atoms with E-state index in [1.54, 1.807) is 7.05 Å². The van der Waals surface area contributed by atoms with Gasteiger partial charge in [0.2, 0.25) is 5.91 Å². The largest absolute Gasteiger partial charge is 0.465 e. The Morgan fingerprint density at radius 1 is 1.41 bits per heavy atom. The molecule has 0 spiro atoms. The first-order valence-electron chi connectivity index (χ1n) is 4.90. The highest BCUT2D eigenvalue weighted by atomic mass is 19.1. The molecule has 1 aromatic rings. The standard InChI is InChI=1S/C11H13FN2O3/c1-13-6-10(15)14-9-5-7(12)3-4-8(9)11(16)17-2/h3-5,13H,6H2,1-2H3,(H,14,15). The normalized spacial score (nSPS) is 9.82. The molecule has 17 heavy (non-hydrogen) atoms. The van der Waals surface area contributed by atoms with E-state index in [0.717, 1.165) is 12.1 Å². The van der Waals surface area contributed by atoms with E-state index in [0.29, 0.717) is 0 Å². The summed E-state index contributed by atoms with van der Waals surface area (Å²) in [6.45, 7) is 0.0666. The molecular formula is C11H13FN2O3. The minimum absolute atomic E-state index is 0.0666. The van der Waals surface area contributed by atoms with Crippen LogP contribution in [0.2, 0.25) is 0 Å². The van der Waals surface area contributed by atoms with Crippen molar-refractivity contribution in [1.29, 1.82) is 0 Å². The molecule has 0 unspecified atom stereocenters. The van der Waals surface area contributed by atoms with Crippen molar-refractivity contribution in [2.45, 2.75) is 0 Å². The Bertz CT molecular complexity index is 435. The van der Waals surface area contributed by atoms with Crippen LogP contribution in [-0.2, 0) is 9.53 Å². The van der Waals surface area contributed by atoms with Gasteiger partial charge in [0.25, 0.3) is 0 Å². The molecule has 2 N–H and O–H groups in total. The molecule has 0 radical (unpaired) electrons. The lowest BCUT2D eigenvalue weighted by molar-refractivity contribution is -0.115. The van der Waals surface area contributed by atoms with Crippen molar-refractivity contribution in [3.05, 3.63) is 29.6 Å². The van der Waals surface area contributed by atoms with Crippen LogP contribution in [0, 0.1) is 5.82 Å². The van der Waals surface area contributed by atoms with Gasteiger partial charge >= 0.3 is 5.97 Å². The van der Waals surface area contributed by atoms with Crippen LogP contribution in [0.15, 0.2) is 18.2 Å². The fourth-order valence-corrected chi connectivity index (χ4v) is 1.26. The number of carbonyl (C=O) groups excluding carboxylic acids is 2. The summed E-state index contributed by atoms with van der Waals surface area (Å²) in [6.07, 6.45) is 0. The number of benzene rings is 1. The van der Waals surface area contributed by atoms with Crippen LogP contribution in [0.3, 0.4) is 0 Å². The summed E-state index contributed by atoms with van der Waals surface area (Å²) >= 11 is 0. The molecule has 6 heteroatoms. The fourth-order valence-electron chi connectivity index (χ4n) is 1.26. The minimum Gasteiger partial charge on any atom is -0.465 e. The Morgan fingerprint density at radius 3 is 2.71 bits per heavy atom. The summed E-state index contributed by atoms with van der Waals surface area (Å²) in [5.41, 5.74) is 0.204. The summed E-state index contributed by atoms with van der Waals surface area (Å²) in [5.74, 6) is -1.55. The number of carbonyl (C=O) groups is 2. The van der Waals surface area contributed by atoms with E-state index in [9.17, 15) is 14.0 Å². The quantitative estimate of drug-likeness (QED) is 0.763. The molecular weight excluding hydrogens is 227 g/mol. The molecule has 1 amide bonds. The molecule has 0 bridgehead atoms. The van der Waals surface area contributed by atoms with E-state index in [1.807, 2.05) is 0 Å². The van der Waals surface area contributed by atoms with E-state index in [-0.39, 0.29) is 23.7 Å². The maximum Gasteiger partial charge on any atom is 0.339 e. The van der Waals surface area contributed by atoms with Crippen LogP contribution in [-0.4, -0.2) is 32.6 Å². The second kappa shape index (κ2) is 5.95. The number of likely N-dealkylation sites (N-methyl/N-ethyl adjacent to an activating group) is 1. The Kier molecular flexibility index (Phi) is 4.59. The lowest BCUT2D eigenvalue weighted by Gasteiger charge is -2.09. The van der Waals surface area contributed by atoms with Crippen molar-refractivity contribution >= 4 is 17.6 Å². The number of hydrogen-bond donors (Lipinski definition) is 2. The molecule has 0 aromatic heterocycles. The van der Waals surface area contributed by atoms with Crippen molar-refractivity contribution in [3.63, 3.8) is 0 Å². The van der Waals surface area contributed by atoms with Gasteiger partial charge in [-0.15, -0.1) is 0 Å². The summed E-state index contributed by atoms with van der Waals surface area (Å²) in [5, 5.41) is 5.07. The van der Waals surface area contributed by atoms with Crippen LogP contribution in [0.5, 0.6) is 0 Å². The Hall–Kier alpha value is -1.95. The smallest absolute Gasteiger partial charge is 0.339 e. The van der Waals surface area contributed by atoms with Crippen molar-refractivity contribution in [2.75, 3.05) is 26.0 Å². The van der Waals surface area contributed by atoms with E-state index in [2.05, 4.69) is 15.4 Å². The number of ether oxygens (including phenoxy) is 1. The molecule has 0 aliphatic rings. The third kappa shape index (κ3) is 3.53. The van der Waals surface area contributed by atoms with Crippen molar-refractivity contribution in [1.82, 2.24) is 5.32 Å². The molecule has 0 aliphatic carbocycles. The molecule has 0 saturated heterocycles. The van der Waals surface area contributed by atoms with Gasteiger partial charge in [-0.2, -0.15) is 0 Å². The van der Waals surface area contributed by atoms with Gasteiger partial charge in [-0.05, 0) is 25.2 Å². The topological polar surface area (TPSA) is 67.4 Å². The lowest BCUT2D eigenvalue weighted by Crippen LogP contribution is -2.26. The van der Waals surface area contributed by atoms with E-state index < -0.39 is 11.8 Å². The molecule has 5 nitrogen and oxygen atoms in total. The third-order valence-corrected chi connectivity index (χ3v) is 2.00. The zero-order valence-electron chi connectivity index (χ0n) is 9.54. The minimum atomic E-state index is -0.634. The first-order chi connectivity index (χ1) is 8.08. The van der Waals surface area contributed by atoms with E-state index >= 15 is 0 Å². The molecule has 1 aromatic carbocycles. The number of anilines is 1. The van der Waals surface area contributed by atoms with Crippen LogP contribution in [0.4, 0.5) is 10.1 Å². The van der Waals surface area contributed by atoms with Gasteiger partial charge in [0, 0.05) is 0 Å². The summed E-state index contributed by atoms with van der Waals surface area (Å²) in [4.78, 5) is 22.7. The summed E-state index contributed by atoms with van der Waals surface area (Å²) in [7, 11) is 2.82. The van der Waals surface area contributed by atoms with Crippen LogP contribution in [0.25, 0.3) is 0 Å². The second-order valence-corrected chi connectivity index (χ2v) is 3.26. The average Bonchev–Trinajstić information content (AvgIpc) is 2.28. The van der Waals surface area contributed by atoms with Gasteiger partial charge in [-0.3, -0.25) is 4.79 Å². The number of hydrogen-bond acceptors (Lipinski definition) is 4. The molecule has 0 atom stereocenters. The highest BCUT2D eigenvalue weighted by Crippen LogP contribution is 2.18.